The van der Waals surface area contributed by atoms with Crippen molar-refractivity contribution in [2.24, 2.45) is 0 Å². The Bertz CT molecular complexity index is 278. The van der Waals surface area contributed by atoms with Gasteiger partial charge in [-0.05, 0) is 0 Å². The first-order valence-electron chi connectivity index (χ1n) is 11.2. The second-order valence-electron chi connectivity index (χ2n) is 7.63. The molecule has 0 spiro atoms. The van der Waals surface area contributed by atoms with Gasteiger partial charge >= 0.3 is 174 Å². The first kappa shape index (κ1) is 25.5. The molecule has 0 saturated carbocycles. The third-order valence-corrected chi connectivity index (χ3v) is 26.3. The summed E-state index contributed by atoms with van der Waals surface area (Å²) in [5.74, 6) is 0. The molecule has 0 aromatic heterocycles. The standard InChI is InChI=1S/4C4H9.2C2H4O2.2Sn/c4*1-3-4-2;2*3-1-2-4;;/h4*1,3-4H2,2H3;2*1-2H2;;/q;;;;2*-2;2*+2. The van der Waals surface area contributed by atoms with Crippen molar-refractivity contribution < 1.29 is 12.3 Å². The van der Waals surface area contributed by atoms with Gasteiger partial charge < -0.3 is 0 Å². The number of hydrogen-bond acceptors (Lipinski definition) is 4. The Morgan fingerprint density at radius 1 is 0.462 bits per heavy atom. The molecule has 0 amide bonds. The Kier molecular flexibility index (Phi) is 15.0. The van der Waals surface area contributed by atoms with Gasteiger partial charge in [-0.3, -0.25) is 0 Å². The van der Waals surface area contributed by atoms with Gasteiger partial charge in [0.25, 0.3) is 0 Å². The van der Waals surface area contributed by atoms with Gasteiger partial charge in [-0.1, -0.05) is 0 Å². The van der Waals surface area contributed by atoms with Gasteiger partial charge in [-0.15, -0.1) is 0 Å². The van der Waals surface area contributed by atoms with E-state index < -0.39 is 38.4 Å². The van der Waals surface area contributed by atoms with Crippen molar-refractivity contribution in [1.29, 1.82) is 0 Å². The van der Waals surface area contributed by atoms with Crippen LogP contribution in [0, 0.1) is 0 Å². The summed E-state index contributed by atoms with van der Waals surface area (Å²) in [6, 6.07) is 0. The molecule has 0 unspecified atom stereocenters. The van der Waals surface area contributed by atoms with Crippen LogP contribution in [0.3, 0.4) is 0 Å². The van der Waals surface area contributed by atoms with Crippen LogP contribution in [-0.2, 0) is 12.3 Å². The summed E-state index contributed by atoms with van der Waals surface area (Å²) < 4.78 is 31.0. The van der Waals surface area contributed by atoms with Crippen molar-refractivity contribution in [3.63, 3.8) is 0 Å². The Morgan fingerprint density at radius 2 is 0.692 bits per heavy atom. The molecule has 0 aliphatic carbocycles. The normalized spacial score (nSPS) is 20.8. The molecule has 0 atom stereocenters. The van der Waals surface area contributed by atoms with Crippen LogP contribution in [0.4, 0.5) is 0 Å². The first-order valence-corrected chi connectivity index (χ1v) is 23.9. The number of unbranched alkanes of at least 4 members (excludes halogenated alkanes) is 4. The molecule has 0 radical (unpaired) electrons. The summed E-state index contributed by atoms with van der Waals surface area (Å²) in [5, 5.41) is 0. The summed E-state index contributed by atoms with van der Waals surface area (Å²) in [5.41, 5.74) is 0. The second kappa shape index (κ2) is 15.3. The minimum absolute atomic E-state index is 0.726. The summed E-state index contributed by atoms with van der Waals surface area (Å²) in [7, 11) is 0. The zero-order valence-electron chi connectivity index (χ0n) is 17.9. The average molecular weight is 586 g/mol. The zero-order chi connectivity index (χ0) is 19.1. The van der Waals surface area contributed by atoms with Crippen molar-refractivity contribution in [2.75, 3.05) is 26.4 Å². The molecule has 0 aromatic rings. The SMILES string of the molecule is CCC[CH2][Sn]1([CH2]CCC)[O]CC[O][Sn]([CH2]CCC)([CH2]CCC)[O]CC[O]1. The van der Waals surface area contributed by atoms with E-state index in [2.05, 4.69) is 27.7 Å². The van der Waals surface area contributed by atoms with Crippen LogP contribution in [0.25, 0.3) is 0 Å². The fourth-order valence-electron chi connectivity index (χ4n) is 3.61. The van der Waals surface area contributed by atoms with Crippen LogP contribution in [0.5, 0.6) is 0 Å². The molecular weight excluding hydrogens is 542 g/mol. The van der Waals surface area contributed by atoms with E-state index in [9.17, 15) is 0 Å². The van der Waals surface area contributed by atoms with Crippen molar-refractivity contribution in [3.8, 4) is 0 Å². The first-order chi connectivity index (χ1) is 12.7. The van der Waals surface area contributed by atoms with Crippen LogP contribution in [-0.4, -0.2) is 64.8 Å². The minimum atomic E-state index is -2.95. The molecule has 0 aromatic carbocycles. The van der Waals surface area contributed by atoms with Crippen LogP contribution in [0.1, 0.15) is 79.1 Å². The quantitative estimate of drug-likeness (QED) is 0.258. The molecular formula is C20H44O4Sn2. The monoisotopic (exact) mass is 588 g/mol. The van der Waals surface area contributed by atoms with Gasteiger partial charge in [0.2, 0.25) is 0 Å². The molecule has 156 valence electrons. The Labute approximate surface area is 173 Å². The predicted molar refractivity (Wildman–Crippen MR) is 114 cm³/mol. The Morgan fingerprint density at radius 3 is 0.885 bits per heavy atom. The van der Waals surface area contributed by atoms with Crippen LogP contribution < -0.4 is 0 Å². The molecule has 1 aliphatic heterocycles. The fraction of sp³-hybridized carbons (Fsp3) is 1.00. The zero-order valence-corrected chi connectivity index (χ0v) is 23.7. The van der Waals surface area contributed by atoms with Gasteiger partial charge in [0.15, 0.2) is 0 Å². The molecule has 4 nitrogen and oxygen atoms in total. The predicted octanol–water partition coefficient (Wildman–Crippen LogP) is 6.15. The van der Waals surface area contributed by atoms with Gasteiger partial charge in [0, 0.05) is 0 Å². The van der Waals surface area contributed by atoms with Gasteiger partial charge in [-0.2, -0.15) is 0 Å². The van der Waals surface area contributed by atoms with E-state index in [1.165, 1.54) is 69.1 Å². The van der Waals surface area contributed by atoms with E-state index in [1.807, 2.05) is 0 Å². The van der Waals surface area contributed by atoms with E-state index in [4.69, 9.17) is 12.3 Å². The van der Waals surface area contributed by atoms with Crippen molar-refractivity contribution in [3.05, 3.63) is 0 Å². The number of rotatable bonds is 12. The Hall–Kier alpha value is 1.44. The summed E-state index contributed by atoms with van der Waals surface area (Å²) >= 11 is -5.90. The van der Waals surface area contributed by atoms with Gasteiger partial charge in [0.05, 0.1) is 0 Å². The summed E-state index contributed by atoms with van der Waals surface area (Å²) in [6.07, 6.45) is 9.82. The summed E-state index contributed by atoms with van der Waals surface area (Å²) in [6.45, 7) is 11.9. The van der Waals surface area contributed by atoms with Crippen LogP contribution in [0.2, 0.25) is 17.7 Å². The maximum atomic E-state index is 6.55. The maximum absolute atomic E-state index is 6.55. The van der Waals surface area contributed by atoms with Gasteiger partial charge in [-0.25, -0.2) is 0 Å². The number of hydrogen-bond donors (Lipinski definition) is 0. The second-order valence-corrected chi connectivity index (χ2v) is 27.0. The molecule has 0 bridgehead atoms. The van der Waals surface area contributed by atoms with Crippen LogP contribution in [0.15, 0.2) is 0 Å². The molecule has 1 fully saturated rings. The average Bonchev–Trinajstić information content (AvgIpc) is 2.67. The molecule has 1 rings (SSSR count). The van der Waals surface area contributed by atoms with Gasteiger partial charge in [0.1, 0.15) is 0 Å². The van der Waals surface area contributed by atoms with Crippen molar-refractivity contribution in [2.45, 2.75) is 96.8 Å². The van der Waals surface area contributed by atoms with Crippen molar-refractivity contribution >= 4 is 38.4 Å². The van der Waals surface area contributed by atoms with E-state index in [-0.39, 0.29) is 0 Å². The van der Waals surface area contributed by atoms with E-state index in [1.54, 1.807) is 0 Å². The molecule has 6 heteroatoms. The molecule has 1 saturated heterocycles. The third-order valence-electron chi connectivity index (χ3n) is 5.27. The fourth-order valence-corrected chi connectivity index (χ4v) is 24.2. The topological polar surface area (TPSA) is 36.9 Å². The third kappa shape index (κ3) is 9.77. The summed E-state index contributed by atoms with van der Waals surface area (Å²) in [4.78, 5) is 0. The van der Waals surface area contributed by atoms with Crippen LogP contribution >= 0.6 is 0 Å². The molecule has 26 heavy (non-hydrogen) atoms. The molecule has 0 N–H and O–H groups in total. The van der Waals surface area contributed by atoms with E-state index >= 15 is 0 Å². The Balaban J connectivity index is 2.72. The molecule has 1 aliphatic rings. The van der Waals surface area contributed by atoms with Crippen molar-refractivity contribution in [1.82, 2.24) is 0 Å². The van der Waals surface area contributed by atoms with E-state index in [0.29, 0.717) is 0 Å². The van der Waals surface area contributed by atoms with E-state index in [0.717, 1.165) is 26.4 Å². The molecule has 1 heterocycles.